The predicted molar refractivity (Wildman–Crippen MR) is 83.4 cm³/mol. The number of anilines is 2. The van der Waals surface area contributed by atoms with Gasteiger partial charge < -0.3 is 14.8 Å². The SMILES string of the molecule is COc1cc(Nc2cn[nH]c2)ccc1OCc1ccccn1. The van der Waals surface area contributed by atoms with E-state index in [-0.39, 0.29) is 0 Å². The molecule has 0 saturated heterocycles. The Labute approximate surface area is 128 Å². The summed E-state index contributed by atoms with van der Waals surface area (Å²) < 4.78 is 11.2. The van der Waals surface area contributed by atoms with Crippen molar-refractivity contribution in [3.05, 3.63) is 60.7 Å². The molecule has 0 bridgehead atoms. The standard InChI is InChI=1S/C16H16N4O2/c1-21-16-8-12(20-14-9-18-19-10-14)5-6-15(16)22-11-13-4-2-3-7-17-13/h2-10,20H,11H2,1H3,(H,18,19). The highest BCUT2D eigenvalue weighted by Gasteiger charge is 2.07. The van der Waals surface area contributed by atoms with Crippen LogP contribution in [0.2, 0.25) is 0 Å². The molecule has 0 aliphatic rings. The number of ether oxygens (including phenoxy) is 2. The lowest BCUT2D eigenvalue weighted by Gasteiger charge is -2.12. The minimum absolute atomic E-state index is 0.395. The number of aromatic amines is 1. The molecule has 0 unspecified atom stereocenters. The highest BCUT2D eigenvalue weighted by Crippen LogP contribution is 2.31. The van der Waals surface area contributed by atoms with E-state index in [2.05, 4.69) is 20.5 Å². The molecule has 2 aromatic heterocycles. The van der Waals surface area contributed by atoms with Crippen LogP contribution in [-0.2, 0) is 6.61 Å². The van der Waals surface area contributed by atoms with Gasteiger partial charge in [-0.25, -0.2) is 0 Å². The first-order chi connectivity index (χ1) is 10.8. The first kappa shape index (κ1) is 13.9. The molecule has 2 N–H and O–H groups in total. The van der Waals surface area contributed by atoms with E-state index in [9.17, 15) is 0 Å². The summed E-state index contributed by atoms with van der Waals surface area (Å²) in [4.78, 5) is 4.23. The second-order valence-electron chi connectivity index (χ2n) is 4.59. The number of hydrogen-bond acceptors (Lipinski definition) is 5. The van der Waals surface area contributed by atoms with Crippen molar-refractivity contribution in [1.82, 2.24) is 15.2 Å². The van der Waals surface area contributed by atoms with E-state index < -0.39 is 0 Å². The molecule has 6 heteroatoms. The van der Waals surface area contributed by atoms with Crippen LogP contribution in [0.15, 0.2) is 55.0 Å². The molecule has 0 fully saturated rings. The third-order valence-electron chi connectivity index (χ3n) is 3.05. The average molecular weight is 296 g/mol. The number of benzene rings is 1. The second kappa shape index (κ2) is 6.62. The molecule has 0 spiro atoms. The lowest BCUT2D eigenvalue weighted by molar-refractivity contribution is 0.281. The van der Waals surface area contributed by atoms with E-state index in [1.807, 2.05) is 36.4 Å². The van der Waals surface area contributed by atoms with E-state index >= 15 is 0 Å². The van der Waals surface area contributed by atoms with E-state index in [1.54, 1.807) is 25.7 Å². The molecule has 0 aliphatic carbocycles. The molecule has 1 aromatic carbocycles. The highest BCUT2D eigenvalue weighted by molar-refractivity contribution is 5.62. The Morgan fingerprint density at radius 1 is 1.14 bits per heavy atom. The van der Waals surface area contributed by atoms with Crippen molar-refractivity contribution in [2.45, 2.75) is 6.61 Å². The Morgan fingerprint density at radius 2 is 2.09 bits per heavy atom. The summed E-state index contributed by atoms with van der Waals surface area (Å²) in [5, 5.41) is 9.86. The van der Waals surface area contributed by atoms with Crippen molar-refractivity contribution in [2.24, 2.45) is 0 Å². The maximum absolute atomic E-state index is 5.77. The van der Waals surface area contributed by atoms with Gasteiger partial charge in [-0.05, 0) is 24.3 Å². The fourth-order valence-electron chi connectivity index (χ4n) is 1.99. The Morgan fingerprint density at radius 3 is 2.82 bits per heavy atom. The van der Waals surface area contributed by atoms with E-state index in [1.165, 1.54) is 0 Å². The molecule has 6 nitrogen and oxygen atoms in total. The summed E-state index contributed by atoms with van der Waals surface area (Å²) in [6, 6.07) is 11.4. The van der Waals surface area contributed by atoms with Crippen LogP contribution in [0.4, 0.5) is 11.4 Å². The van der Waals surface area contributed by atoms with Crippen LogP contribution in [0.3, 0.4) is 0 Å². The van der Waals surface area contributed by atoms with Crippen LogP contribution in [0.1, 0.15) is 5.69 Å². The molecule has 0 aliphatic heterocycles. The van der Waals surface area contributed by atoms with Gasteiger partial charge in [0.1, 0.15) is 6.61 Å². The largest absolute Gasteiger partial charge is 0.493 e. The van der Waals surface area contributed by atoms with Crippen molar-refractivity contribution in [3.63, 3.8) is 0 Å². The van der Waals surface area contributed by atoms with Crippen LogP contribution in [0, 0.1) is 0 Å². The van der Waals surface area contributed by atoms with Crippen LogP contribution in [-0.4, -0.2) is 22.3 Å². The van der Waals surface area contributed by atoms with Gasteiger partial charge in [0.15, 0.2) is 11.5 Å². The van der Waals surface area contributed by atoms with Gasteiger partial charge in [-0.1, -0.05) is 6.07 Å². The number of H-pyrrole nitrogens is 1. The van der Waals surface area contributed by atoms with E-state index in [0.717, 1.165) is 17.1 Å². The van der Waals surface area contributed by atoms with Crippen molar-refractivity contribution in [3.8, 4) is 11.5 Å². The van der Waals surface area contributed by atoms with Gasteiger partial charge in [0, 0.05) is 24.1 Å². The zero-order valence-corrected chi connectivity index (χ0v) is 12.1. The lowest BCUT2D eigenvalue weighted by atomic mass is 10.2. The van der Waals surface area contributed by atoms with Crippen molar-refractivity contribution >= 4 is 11.4 Å². The first-order valence-electron chi connectivity index (χ1n) is 6.82. The van der Waals surface area contributed by atoms with Crippen LogP contribution in [0.25, 0.3) is 0 Å². The maximum Gasteiger partial charge on any atom is 0.162 e. The molecule has 0 saturated carbocycles. The Kier molecular flexibility index (Phi) is 4.20. The first-order valence-corrected chi connectivity index (χ1v) is 6.82. The summed E-state index contributed by atoms with van der Waals surface area (Å²) in [6.45, 7) is 0.395. The van der Waals surface area contributed by atoms with Gasteiger partial charge in [0.2, 0.25) is 0 Å². The quantitative estimate of drug-likeness (QED) is 0.731. The zero-order valence-electron chi connectivity index (χ0n) is 12.1. The third-order valence-corrected chi connectivity index (χ3v) is 3.05. The normalized spacial score (nSPS) is 10.2. The van der Waals surface area contributed by atoms with E-state index in [4.69, 9.17) is 9.47 Å². The summed E-state index contributed by atoms with van der Waals surface area (Å²) >= 11 is 0. The Balaban J connectivity index is 1.71. The smallest absolute Gasteiger partial charge is 0.162 e. The minimum Gasteiger partial charge on any atom is -0.493 e. The van der Waals surface area contributed by atoms with Crippen LogP contribution in [0.5, 0.6) is 11.5 Å². The number of nitrogens with one attached hydrogen (secondary N) is 2. The third kappa shape index (κ3) is 3.35. The van der Waals surface area contributed by atoms with Crippen molar-refractivity contribution in [2.75, 3.05) is 12.4 Å². The van der Waals surface area contributed by atoms with Gasteiger partial charge in [0.05, 0.1) is 24.7 Å². The molecule has 2 heterocycles. The molecular formula is C16H16N4O2. The number of hydrogen-bond donors (Lipinski definition) is 2. The Hall–Kier alpha value is -3.02. The summed E-state index contributed by atoms with van der Waals surface area (Å²) in [7, 11) is 1.62. The summed E-state index contributed by atoms with van der Waals surface area (Å²) in [5.74, 6) is 1.33. The Bertz CT molecular complexity index is 714. The summed E-state index contributed by atoms with van der Waals surface area (Å²) in [5.41, 5.74) is 2.64. The monoisotopic (exact) mass is 296 g/mol. The molecular weight excluding hydrogens is 280 g/mol. The highest BCUT2D eigenvalue weighted by atomic mass is 16.5. The number of aromatic nitrogens is 3. The van der Waals surface area contributed by atoms with Gasteiger partial charge in [0.25, 0.3) is 0 Å². The summed E-state index contributed by atoms with van der Waals surface area (Å²) in [6.07, 6.45) is 5.23. The fraction of sp³-hybridized carbons (Fsp3) is 0.125. The van der Waals surface area contributed by atoms with Gasteiger partial charge in [-0.2, -0.15) is 5.10 Å². The van der Waals surface area contributed by atoms with Crippen LogP contribution >= 0.6 is 0 Å². The molecule has 22 heavy (non-hydrogen) atoms. The maximum atomic E-state index is 5.77. The molecule has 112 valence electrons. The fourth-order valence-corrected chi connectivity index (χ4v) is 1.99. The zero-order chi connectivity index (χ0) is 15.2. The average Bonchev–Trinajstić information content (AvgIpc) is 3.07. The van der Waals surface area contributed by atoms with Gasteiger partial charge >= 0.3 is 0 Å². The second-order valence-corrected chi connectivity index (χ2v) is 4.59. The molecule has 0 atom stereocenters. The van der Waals surface area contributed by atoms with Crippen molar-refractivity contribution in [1.29, 1.82) is 0 Å². The predicted octanol–water partition coefficient (Wildman–Crippen LogP) is 3.14. The topological polar surface area (TPSA) is 72.1 Å². The number of rotatable bonds is 6. The number of pyridine rings is 1. The van der Waals surface area contributed by atoms with Crippen LogP contribution < -0.4 is 14.8 Å². The number of nitrogens with zero attached hydrogens (tertiary/aromatic N) is 2. The molecule has 0 radical (unpaired) electrons. The lowest BCUT2D eigenvalue weighted by Crippen LogP contribution is -2.00. The van der Waals surface area contributed by atoms with Gasteiger partial charge in [-0.15, -0.1) is 0 Å². The molecule has 0 amide bonds. The van der Waals surface area contributed by atoms with E-state index in [0.29, 0.717) is 18.1 Å². The van der Waals surface area contributed by atoms with Gasteiger partial charge in [-0.3, -0.25) is 10.1 Å². The molecule has 3 rings (SSSR count). The molecule has 3 aromatic rings. The van der Waals surface area contributed by atoms with Crippen molar-refractivity contribution < 1.29 is 9.47 Å². The number of methoxy groups -OCH3 is 1. The minimum atomic E-state index is 0.395.